The zero-order chi connectivity index (χ0) is 22.1. The predicted molar refractivity (Wildman–Crippen MR) is 97.8 cm³/mol. The number of ether oxygens (including phenoxy) is 1. The molecule has 6 nitrogen and oxygen atoms in total. The minimum absolute atomic E-state index is 0.0199. The summed E-state index contributed by atoms with van der Waals surface area (Å²) < 4.78 is 72.9. The predicted octanol–water partition coefficient (Wildman–Crippen LogP) is 4.08. The van der Waals surface area contributed by atoms with Crippen LogP contribution in [-0.4, -0.2) is 32.1 Å². The molecule has 0 spiro atoms. The number of nitrogens with zero attached hydrogens (tertiary/aromatic N) is 4. The lowest BCUT2D eigenvalue weighted by Crippen LogP contribution is -2.30. The van der Waals surface area contributed by atoms with Gasteiger partial charge in [-0.1, -0.05) is 6.92 Å². The Bertz CT molecular complexity index is 1090. The highest BCUT2D eigenvalue weighted by Crippen LogP contribution is 2.32. The fourth-order valence-electron chi connectivity index (χ4n) is 2.75. The highest BCUT2D eigenvalue weighted by atomic mass is 19.4. The molecule has 0 fully saturated rings. The molecular formula is C19H17F5N4O2. The van der Waals surface area contributed by atoms with Gasteiger partial charge in [0, 0.05) is 25.7 Å². The molecule has 11 heteroatoms. The second-order valence-electron chi connectivity index (χ2n) is 6.43. The second kappa shape index (κ2) is 7.88. The molecule has 0 saturated heterocycles. The molecule has 0 unspecified atom stereocenters. The number of hydrogen-bond donors (Lipinski definition) is 0. The molecule has 3 rings (SSSR count). The van der Waals surface area contributed by atoms with Gasteiger partial charge in [-0.2, -0.15) is 27.1 Å². The summed E-state index contributed by atoms with van der Waals surface area (Å²) in [6.45, 7) is -0.242. The van der Waals surface area contributed by atoms with Crippen LogP contribution in [0.15, 0.2) is 47.4 Å². The first kappa shape index (κ1) is 21.5. The van der Waals surface area contributed by atoms with Crippen molar-refractivity contribution in [1.82, 2.24) is 19.3 Å². The van der Waals surface area contributed by atoms with Crippen molar-refractivity contribution in [2.75, 3.05) is 6.61 Å². The Morgan fingerprint density at radius 3 is 2.27 bits per heavy atom. The number of halogens is 5. The van der Waals surface area contributed by atoms with Crippen LogP contribution in [0.5, 0.6) is 5.75 Å². The van der Waals surface area contributed by atoms with E-state index in [0.717, 1.165) is 22.8 Å². The van der Waals surface area contributed by atoms with Gasteiger partial charge in [-0.25, -0.2) is 4.98 Å². The van der Waals surface area contributed by atoms with E-state index in [1.54, 1.807) is 7.05 Å². The van der Waals surface area contributed by atoms with E-state index in [1.807, 2.05) is 0 Å². The molecule has 0 aliphatic carbocycles. The zero-order valence-corrected chi connectivity index (χ0v) is 16.0. The van der Waals surface area contributed by atoms with Crippen LogP contribution in [0.25, 0.3) is 17.1 Å². The number of rotatable bonds is 6. The Balaban J connectivity index is 2.08. The molecule has 0 atom stereocenters. The van der Waals surface area contributed by atoms with Crippen molar-refractivity contribution in [3.8, 4) is 22.8 Å². The Morgan fingerprint density at radius 2 is 1.73 bits per heavy atom. The van der Waals surface area contributed by atoms with E-state index >= 15 is 0 Å². The molecule has 1 aromatic carbocycles. The summed E-state index contributed by atoms with van der Waals surface area (Å²) in [7, 11) is 1.58. The Kier molecular flexibility index (Phi) is 5.64. The lowest BCUT2D eigenvalue weighted by molar-refractivity contribution is -0.153. The van der Waals surface area contributed by atoms with Crippen molar-refractivity contribution in [3.63, 3.8) is 0 Å². The van der Waals surface area contributed by atoms with Crippen LogP contribution in [0, 0.1) is 0 Å². The van der Waals surface area contributed by atoms with Gasteiger partial charge in [-0.15, -0.1) is 0 Å². The van der Waals surface area contributed by atoms with Crippen molar-refractivity contribution >= 4 is 0 Å². The normalized spacial score (nSPS) is 12.2. The molecule has 0 radical (unpaired) electrons. The van der Waals surface area contributed by atoms with Crippen molar-refractivity contribution in [1.29, 1.82) is 0 Å². The van der Waals surface area contributed by atoms with Gasteiger partial charge in [0.05, 0.1) is 17.1 Å². The monoisotopic (exact) mass is 428 g/mol. The molecule has 160 valence electrons. The third-order valence-corrected chi connectivity index (χ3v) is 4.27. The summed E-state index contributed by atoms with van der Waals surface area (Å²) in [6, 6.07) is 7.39. The SMILES string of the molecule is CCC(F)(F)c1nc(-c2ccnn2C)cc(=O)n1-c1ccc(OCC(F)(F)F)cc1. The van der Waals surface area contributed by atoms with Gasteiger partial charge in [0.25, 0.3) is 5.56 Å². The average Bonchev–Trinajstić information content (AvgIpc) is 3.11. The molecule has 0 amide bonds. The smallest absolute Gasteiger partial charge is 0.422 e. The van der Waals surface area contributed by atoms with E-state index in [1.165, 1.54) is 36.0 Å². The molecule has 2 heterocycles. The van der Waals surface area contributed by atoms with Crippen LogP contribution in [0.1, 0.15) is 19.2 Å². The molecule has 0 bridgehead atoms. The number of benzene rings is 1. The fourth-order valence-corrected chi connectivity index (χ4v) is 2.75. The van der Waals surface area contributed by atoms with Crippen molar-refractivity contribution in [2.45, 2.75) is 25.4 Å². The quantitative estimate of drug-likeness (QED) is 0.556. The van der Waals surface area contributed by atoms with Crippen LogP contribution in [0.3, 0.4) is 0 Å². The number of alkyl halides is 5. The van der Waals surface area contributed by atoms with Gasteiger partial charge >= 0.3 is 12.1 Å². The van der Waals surface area contributed by atoms with Crippen molar-refractivity contribution in [2.24, 2.45) is 7.05 Å². The van der Waals surface area contributed by atoms with E-state index < -0.39 is 36.5 Å². The number of aromatic nitrogens is 4. The standard InChI is InChI=1S/C19H17F5N4O2/c1-3-18(20,21)17-26-14(15-8-9-25-27(15)2)10-16(29)28(17)12-4-6-13(7-5-12)30-11-19(22,23)24/h4-10H,3,11H2,1-2H3. The highest BCUT2D eigenvalue weighted by molar-refractivity contribution is 5.54. The largest absolute Gasteiger partial charge is 0.484 e. The molecule has 2 aromatic heterocycles. The van der Waals surface area contributed by atoms with E-state index in [-0.39, 0.29) is 17.1 Å². The summed E-state index contributed by atoms with van der Waals surface area (Å²) in [5, 5.41) is 3.95. The maximum Gasteiger partial charge on any atom is 0.422 e. The van der Waals surface area contributed by atoms with Crippen LogP contribution in [0.2, 0.25) is 0 Å². The van der Waals surface area contributed by atoms with E-state index in [9.17, 15) is 26.7 Å². The molecule has 0 aliphatic rings. The van der Waals surface area contributed by atoms with Crippen molar-refractivity contribution in [3.05, 3.63) is 58.8 Å². The van der Waals surface area contributed by atoms with Gasteiger partial charge in [0.2, 0.25) is 0 Å². The van der Waals surface area contributed by atoms with E-state index in [2.05, 4.69) is 14.8 Å². The third-order valence-electron chi connectivity index (χ3n) is 4.27. The summed E-state index contributed by atoms with van der Waals surface area (Å²) in [6.07, 6.45) is -3.68. The highest BCUT2D eigenvalue weighted by Gasteiger charge is 2.36. The molecule has 3 aromatic rings. The third kappa shape index (κ3) is 4.50. The number of hydrogen-bond acceptors (Lipinski definition) is 4. The van der Waals surface area contributed by atoms with Gasteiger partial charge in [-0.3, -0.25) is 14.0 Å². The molecule has 30 heavy (non-hydrogen) atoms. The summed E-state index contributed by atoms with van der Waals surface area (Å²) in [4.78, 5) is 16.8. The summed E-state index contributed by atoms with van der Waals surface area (Å²) >= 11 is 0. The lowest BCUT2D eigenvalue weighted by Gasteiger charge is -2.20. The molecule has 0 aliphatic heterocycles. The van der Waals surface area contributed by atoms with Crippen LogP contribution in [-0.2, 0) is 13.0 Å². The maximum atomic E-state index is 14.7. The first-order valence-electron chi connectivity index (χ1n) is 8.82. The number of aryl methyl sites for hydroxylation is 1. The maximum absolute atomic E-state index is 14.7. The van der Waals surface area contributed by atoms with Gasteiger partial charge in [0.1, 0.15) is 5.75 Å². The Morgan fingerprint density at radius 1 is 1.07 bits per heavy atom. The topological polar surface area (TPSA) is 61.9 Å². The minimum atomic E-state index is -4.52. The van der Waals surface area contributed by atoms with Crippen LogP contribution in [0.4, 0.5) is 22.0 Å². The first-order valence-corrected chi connectivity index (χ1v) is 8.82. The minimum Gasteiger partial charge on any atom is -0.484 e. The van der Waals surface area contributed by atoms with Gasteiger partial charge in [-0.05, 0) is 30.3 Å². The van der Waals surface area contributed by atoms with Gasteiger partial charge in [0.15, 0.2) is 12.4 Å². The Hall–Kier alpha value is -3.24. The second-order valence-corrected chi connectivity index (χ2v) is 6.43. The zero-order valence-electron chi connectivity index (χ0n) is 16.0. The molecule has 0 saturated carbocycles. The molecule has 0 N–H and O–H groups in total. The average molecular weight is 428 g/mol. The summed E-state index contributed by atoms with van der Waals surface area (Å²) in [5.74, 6) is -4.33. The van der Waals surface area contributed by atoms with Gasteiger partial charge < -0.3 is 4.74 Å². The summed E-state index contributed by atoms with van der Waals surface area (Å²) in [5.41, 5.74) is -0.340. The lowest BCUT2D eigenvalue weighted by atomic mass is 10.2. The Labute approximate surface area is 167 Å². The fraction of sp³-hybridized carbons (Fsp3) is 0.316. The van der Waals surface area contributed by atoms with Crippen LogP contribution >= 0.6 is 0 Å². The van der Waals surface area contributed by atoms with Crippen molar-refractivity contribution < 1.29 is 26.7 Å². The van der Waals surface area contributed by atoms with Crippen LogP contribution < -0.4 is 10.3 Å². The van der Waals surface area contributed by atoms with E-state index in [0.29, 0.717) is 5.69 Å². The van der Waals surface area contributed by atoms with E-state index in [4.69, 9.17) is 0 Å². The first-order chi connectivity index (χ1) is 14.0. The molecular weight excluding hydrogens is 411 g/mol.